The standard InChI is InChI=1S/C15H21N3O4/c1-10-8-17(9-11(2)22-10)12(3)15(19)16-13-6-4-5-7-14(13)18(20)21/h4-7,10-12H,8-9H2,1-3H3,(H,16,19)/t10-,11-,12+/m1/s1. The third-order valence-electron chi connectivity index (χ3n) is 3.73. The first-order valence-corrected chi connectivity index (χ1v) is 7.32. The molecule has 1 fully saturated rings. The third kappa shape index (κ3) is 3.80. The maximum atomic E-state index is 12.4. The van der Waals surface area contributed by atoms with Gasteiger partial charge in [0, 0.05) is 19.2 Å². The molecular weight excluding hydrogens is 286 g/mol. The molecule has 1 aliphatic heterocycles. The van der Waals surface area contributed by atoms with Crippen LogP contribution in [0.4, 0.5) is 11.4 Å². The van der Waals surface area contributed by atoms with Gasteiger partial charge in [0.1, 0.15) is 5.69 Å². The van der Waals surface area contributed by atoms with Gasteiger partial charge in [0.25, 0.3) is 5.69 Å². The van der Waals surface area contributed by atoms with E-state index in [1.54, 1.807) is 19.1 Å². The zero-order chi connectivity index (χ0) is 16.3. The van der Waals surface area contributed by atoms with Crippen LogP contribution in [0.5, 0.6) is 0 Å². The van der Waals surface area contributed by atoms with Crippen LogP contribution in [0, 0.1) is 10.1 Å². The molecule has 2 rings (SSSR count). The molecule has 7 heteroatoms. The topological polar surface area (TPSA) is 84.7 Å². The molecule has 1 aromatic carbocycles. The lowest BCUT2D eigenvalue weighted by molar-refractivity contribution is -0.383. The molecule has 1 saturated heterocycles. The molecule has 0 aromatic heterocycles. The molecule has 1 heterocycles. The molecular formula is C15H21N3O4. The van der Waals surface area contributed by atoms with Crippen LogP contribution >= 0.6 is 0 Å². The second kappa shape index (κ2) is 6.85. The first-order valence-electron chi connectivity index (χ1n) is 7.32. The summed E-state index contributed by atoms with van der Waals surface area (Å²) in [6, 6.07) is 5.76. The van der Waals surface area contributed by atoms with Gasteiger partial charge in [0.05, 0.1) is 23.2 Å². The fourth-order valence-corrected chi connectivity index (χ4v) is 2.68. The number of carbonyl (C=O) groups excluding carboxylic acids is 1. The number of benzene rings is 1. The number of carbonyl (C=O) groups is 1. The van der Waals surface area contributed by atoms with Crippen LogP contribution in [0.15, 0.2) is 24.3 Å². The van der Waals surface area contributed by atoms with Crippen LogP contribution in [-0.4, -0.2) is 47.1 Å². The second-order valence-electron chi connectivity index (χ2n) is 5.65. The van der Waals surface area contributed by atoms with Gasteiger partial charge in [-0.05, 0) is 26.8 Å². The van der Waals surface area contributed by atoms with Crippen LogP contribution in [0.3, 0.4) is 0 Å². The van der Waals surface area contributed by atoms with Gasteiger partial charge in [-0.3, -0.25) is 19.8 Å². The highest BCUT2D eigenvalue weighted by Gasteiger charge is 2.30. The normalized spacial score (nSPS) is 23.8. The maximum Gasteiger partial charge on any atom is 0.292 e. The quantitative estimate of drug-likeness (QED) is 0.679. The van der Waals surface area contributed by atoms with Gasteiger partial charge in [-0.2, -0.15) is 0 Å². The van der Waals surface area contributed by atoms with Crippen molar-refractivity contribution >= 4 is 17.3 Å². The number of nitrogens with zero attached hydrogens (tertiary/aromatic N) is 2. The van der Waals surface area contributed by atoms with Crippen molar-refractivity contribution in [1.29, 1.82) is 0 Å². The molecule has 0 radical (unpaired) electrons. The second-order valence-corrected chi connectivity index (χ2v) is 5.65. The summed E-state index contributed by atoms with van der Waals surface area (Å²) in [6.45, 7) is 7.06. The molecule has 1 N–H and O–H groups in total. The number of nitro benzene ring substituents is 1. The van der Waals surface area contributed by atoms with E-state index in [1.807, 2.05) is 18.7 Å². The summed E-state index contributed by atoms with van der Waals surface area (Å²) >= 11 is 0. The van der Waals surface area contributed by atoms with Crippen LogP contribution < -0.4 is 5.32 Å². The van der Waals surface area contributed by atoms with E-state index in [2.05, 4.69) is 5.32 Å². The zero-order valence-corrected chi connectivity index (χ0v) is 13.0. The highest BCUT2D eigenvalue weighted by atomic mass is 16.6. The maximum absolute atomic E-state index is 12.4. The Kier molecular flexibility index (Phi) is 5.10. The predicted molar refractivity (Wildman–Crippen MR) is 82.8 cm³/mol. The monoisotopic (exact) mass is 307 g/mol. The molecule has 1 aliphatic rings. The van der Waals surface area contributed by atoms with Crippen LogP contribution in [0.1, 0.15) is 20.8 Å². The van der Waals surface area contributed by atoms with Crippen LogP contribution in [0.25, 0.3) is 0 Å². The Morgan fingerprint density at radius 3 is 2.55 bits per heavy atom. The van der Waals surface area contributed by atoms with Gasteiger partial charge in [0.2, 0.25) is 5.91 Å². The van der Waals surface area contributed by atoms with Gasteiger partial charge in [-0.25, -0.2) is 0 Å². The van der Waals surface area contributed by atoms with Crippen molar-refractivity contribution in [2.75, 3.05) is 18.4 Å². The number of hydrogen-bond acceptors (Lipinski definition) is 5. The van der Waals surface area contributed by atoms with E-state index < -0.39 is 4.92 Å². The SMILES string of the molecule is C[C@@H]1CN([C@@H](C)C(=O)Nc2ccccc2[N+](=O)[O-])C[C@@H](C)O1. The van der Waals surface area contributed by atoms with Crippen LogP contribution in [-0.2, 0) is 9.53 Å². The zero-order valence-electron chi connectivity index (χ0n) is 13.0. The van der Waals surface area contributed by atoms with E-state index in [0.717, 1.165) is 0 Å². The lowest BCUT2D eigenvalue weighted by Crippen LogP contribution is -2.52. The Morgan fingerprint density at radius 2 is 1.95 bits per heavy atom. The Balaban J connectivity index is 2.07. The highest BCUT2D eigenvalue weighted by molar-refractivity contribution is 5.96. The molecule has 0 bridgehead atoms. The van der Waals surface area contributed by atoms with Crippen molar-refractivity contribution < 1.29 is 14.5 Å². The number of nitro groups is 1. The van der Waals surface area contributed by atoms with E-state index in [0.29, 0.717) is 13.1 Å². The van der Waals surface area contributed by atoms with Crippen molar-refractivity contribution in [2.45, 2.75) is 39.0 Å². The van der Waals surface area contributed by atoms with Gasteiger partial charge in [0.15, 0.2) is 0 Å². The minimum Gasteiger partial charge on any atom is -0.373 e. The molecule has 1 amide bonds. The van der Waals surface area contributed by atoms with E-state index >= 15 is 0 Å². The largest absolute Gasteiger partial charge is 0.373 e. The first-order chi connectivity index (χ1) is 10.4. The van der Waals surface area contributed by atoms with Crippen molar-refractivity contribution in [3.05, 3.63) is 34.4 Å². The molecule has 0 saturated carbocycles. The van der Waals surface area contributed by atoms with Crippen molar-refractivity contribution in [3.63, 3.8) is 0 Å². The Labute approximate surface area is 129 Å². The minimum atomic E-state index is -0.501. The van der Waals surface area contributed by atoms with Gasteiger partial charge in [-0.15, -0.1) is 0 Å². The van der Waals surface area contributed by atoms with Gasteiger partial charge in [-0.1, -0.05) is 12.1 Å². The summed E-state index contributed by atoms with van der Waals surface area (Å²) in [5, 5.41) is 13.6. The Bertz CT molecular complexity index is 553. The minimum absolute atomic E-state index is 0.0602. The molecule has 3 atom stereocenters. The van der Waals surface area contributed by atoms with Crippen molar-refractivity contribution in [2.24, 2.45) is 0 Å². The summed E-state index contributed by atoms with van der Waals surface area (Å²) in [5.74, 6) is -0.254. The molecule has 22 heavy (non-hydrogen) atoms. The van der Waals surface area contributed by atoms with E-state index in [4.69, 9.17) is 4.74 Å². The summed E-state index contributed by atoms with van der Waals surface area (Å²) in [4.78, 5) is 24.9. The average molecular weight is 307 g/mol. The molecule has 0 unspecified atom stereocenters. The molecule has 0 spiro atoms. The average Bonchev–Trinajstić information content (AvgIpc) is 2.45. The summed E-state index contributed by atoms with van der Waals surface area (Å²) < 4.78 is 5.65. The third-order valence-corrected chi connectivity index (χ3v) is 3.73. The van der Waals surface area contributed by atoms with E-state index in [-0.39, 0.29) is 35.5 Å². The number of ether oxygens (including phenoxy) is 1. The number of hydrogen-bond donors (Lipinski definition) is 1. The molecule has 7 nitrogen and oxygen atoms in total. The number of morpholine rings is 1. The fraction of sp³-hybridized carbons (Fsp3) is 0.533. The fourth-order valence-electron chi connectivity index (χ4n) is 2.68. The van der Waals surface area contributed by atoms with Gasteiger partial charge >= 0.3 is 0 Å². The first kappa shape index (κ1) is 16.4. The predicted octanol–water partition coefficient (Wildman–Crippen LogP) is 2.03. The number of amides is 1. The number of rotatable bonds is 4. The van der Waals surface area contributed by atoms with Crippen LogP contribution in [0.2, 0.25) is 0 Å². The number of nitrogens with one attached hydrogen (secondary N) is 1. The molecule has 120 valence electrons. The number of para-hydroxylation sites is 2. The Morgan fingerprint density at radius 1 is 1.36 bits per heavy atom. The lowest BCUT2D eigenvalue weighted by Gasteiger charge is -2.38. The van der Waals surface area contributed by atoms with Crippen molar-refractivity contribution in [3.8, 4) is 0 Å². The van der Waals surface area contributed by atoms with E-state index in [1.165, 1.54) is 12.1 Å². The molecule has 1 aromatic rings. The van der Waals surface area contributed by atoms with Crippen molar-refractivity contribution in [1.82, 2.24) is 4.90 Å². The smallest absolute Gasteiger partial charge is 0.292 e. The molecule has 0 aliphatic carbocycles. The number of anilines is 1. The van der Waals surface area contributed by atoms with E-state index in [9.17, 15) is 14.9 Å². The highest BCUT2D eigenvalue weighted by Crippen LogP contribution is 2.24. The Hall–Kier alpha value is -1.99. The summed E-state index contributed by atoms with van der Waals surface area (Å²) in [5.41, 5.74) is 0.116. The van der Waals surface area contributed by atoms with Gasteiger partial charge < -0.3 is 10.1 Å². The summed E-state index contributed by atoms with van der Waals surface area (Å²) in [7, 11) is 0. The lowest BCUT2D eigenvalue weighted by atomic mass is 10.1. The summed E-state index contributed by atoms with van der Waals surface area (Å²) in [6.07, 6.45) is 0.120.